The molecule has 0 radical (unpaired) electrons. The van der Waals surface area contributed by atoms with Crippen molar-refractivity contribution in [2.75, 3.05) is 0 Å². The van der Waals surface area contributed by atoms with Crippen molar-refractivity contribution in [1.29, 1.82) is 5.26 Å². The molecular weight excluding hydrogens is 1210 g/mol. The summed E-state index contributed by atoms with van der Waals surface area (Å²) in [6.45, 7) is 47.4. The molecular formula is C96H86N4. The van der Waals surface area contributed by atoms with Crippen LogP contribution in [0.3, 0.4) is 0 Å². The summed E-state index contributed by atoms with van der Waals surface area (Å²) in [6.07, 6.45) is 0. The second-order valence-corrected chi connectivity index (χ2v) is 32.9. The zero-order chi connectivity index (χ0) is 69.0. The Bertz CT molecular complexity index is 5690. The molecule has 4 aromatic heterocycles. The van der Waals surface area contributed by atoms with Gasteiger partial charge in [0.05, 0.1) is 45.8 Å². The van der Waals surface area contributed by atoms with E-state index in [1.54, 1.807) is 0 Å². The van der Waals surface area contributed by atoms with Crippen molar-refractivity contribution in [2.24, 2.45) is 0 Å². The predicted molar refractivity (Wildman–Crippen MR) is 420 cm³/mol. The lowest BCUT2D eigenvalue weighted by atomic mass is 9.59. The van der Waals surface area contributed by atoms with Crippen LogP contribution in [0.1, 0.15) is 299 Å². The molecule has 0 amide bonds. The number of aromatic nitrogens is 2. The van der Waals surface area contributed by atoms with Crippen molar-refractivity contribution in [3.8, 4) is 28.3 Å². The minimum absolute atomic E-state index is 0.0149. The fraction of sp³-hybridized carbons (Fsp3) is 0.292. The molecule has 4 heterocycles. The van der Waals surface area contributed by atoms with Crippen molar-refractivity contribution in [3.05, 3.63) is 286 Å². The first kappa shape index (κ1) is 61.1. The Kier molecular flexibility index (Phi) is 13.0. The fourth-order valence-electron chi connectivity index (χ4n) is 20.7. The zero-order valence-corrected chi connectivity index (χ0v) is 60.7. The first-order chi connectivity index (χ1) is 48.2. The Labute approximate surface area is 588 Å². The highest BCUT2D eigenvalue weighted by atomic mass is 14.9. The predicted octanol–water partition coefficient (Wildman–Crippen LogP) is 26.7. The number of rotatable bonds is 10. The molecule has 0 saturated heterocycles. The van der Waals surface area contributed by atoms with E-state index in [0.717, 1.165) is 27.9 Å². The molecule has 4 nitrogen and oxygen atoms in total. The maximum atomic E-state index is 12.2. The summed E-state index contributed by atoms with van der Waals surface area (Å²) in [6, 6.07) is 65.4. The third-order valence-corrected chi connectivity index (χ3v) is 24.8. The van der Waals surface area contributed by atoms with Gasteiger partial charge in [0.25, 0.3) is 0 Å². The van der Waals surface area contributed by atoms with Gasteiger partial charge >= 0.3 is 0 Å². The maximum absolute atomic E-state index is 12.2. The molecule has 0 atom stereocenters. The second kappa shape index (κ2) is 21.3. The smallest absolute Gasteiger partial charge is 0.197 e. The van der Waals surface area contributed by atoms with Crippen molar-refractivity contribution < 1.29 is 0 Å². The van der Waals surface area contributed by atoms with Crippen LogP contribution in [-0.2, 0) is 0 Å². The van der Waals surface area contributed by atoms with Gasteiger partial charge in [-0.15, -0.1) is 0 Å². The summed E-state index contributed by atoms with van der Waals surface area (Å²) in [7, 11) is 0. The van der Waals surface area contributed by atoms with Gasteiger partial charge in [0.1, 0.15) is 0 Å². The average Bonchev–Trinajstić information content (AvgIpc) is 1.46. The molecule has 0 N–H and O–H groups in total. The Morgan fingerprint density at radius 3 is 0.960 bits per heavy atom. The largest absolute Gasteiger partial charge is 0.309 e. The van der Waals surface area contributed by atoms with Crippen LogP contribution >= 0.6 is 0 Å². The number of benzene rings is 11. The van der Waals surface area contributed by atoms with Crippen LogP contribution in [0.5, 0.6) is 0 Å². The van der Waals surface area contributed by atoms with E-state index in [2.05, 4.69) is 283 Å². The van der Waals surface area contributed by atoms with Crippen LogP contribution in [0.15, 0.2) is 158 Å². The lowest BCUT2D eigenvalue weighted by molar-refractivity contribution is 0.751. The van der Waals surface area contributed by atoms with E-state index in [9.17, 15) is 11.8 Å². The molecule has 0 fully saturated rings. The molecule has 6 aliphatic rings. The van der Waals surface area contributed by atoms with E-state index < -0.39 is 0 Å². The summed E-state index contributed by atoms with van der Waals surface area (Å²) in [5, 5.41) is 22.2. The van der Waals surface area contributed by atoms with Gasteiger partial charge < -0.3 is 8.80 Å². The molecule has 15 aromatic rings. The van der Waals surface area contributed by atoms with Crippen molar-refractivity contribution in [3.63, 3.8) is 0 Å². The molecule has 100 heavy (non-hydrogen) atoms. The summed E-state index contributed by atoms with van der Waals surface area (Å²) >= 11 is 0. The van der Waals surface area contributed by atoms with Gasteiger partial charge in [-0.25, -0.2) is 4.85 Å². The molecule has 4 heteroatoms. The maximum Gasteiger partial charge on any atom is 0.197 e. The van der Waals surface area contributed by atoms with E-state index in [1.165, 1.54) is 193 Å². The highest BCUT2D eigenvalue weighted by Crippen LogP contribution is 2.65. The van der Waals surface area contributed by atoms with Crippen LogP contribution in [0.4, 0.5) is 5.69 Å². The number of nitriles is 1. The summed E-state index contributed by atoms with van der Waals surface area (Å²) in [4.78, 5) is 4.83. The van der Waals surface area contributed by atoms with Gasteiger partial charge in [-0.3, -0.25) is 0 Å². The molecule has 0 saturated carbocycles. The number of nitrogens with zero attached hydrogens (tertiary/aromatic N) is 4. The van der Waals surface area contributed by atoms with Gasteiger partial charge in [-0.05, 0) is 217 Å². The Morgan fingerprint density at radius 1 is 0.340 bits per heavy atom. The van der Waals surface area contributed by atoms with E-state index in [-0.39, 0.29) is 59.2 Å². The highest BCUT2D eigenvalue weighted by Gasteiger charge is 2.48. The molecule has 0 spiro atoms. The topological polar surface area (TPSA) is 37.0 Å². The van der Waals surface area contributed by atoms with Gasteiger partial charge in [-0.1, -0.05) is 232 Å². The lowest BCUT2D eigenvalue weighted by Crippen LogP contribution is -2.29. The number of hydrogen-bond acceptors (Lipinski definition) is 1. The minimum atomic E-state index is -0.0789. The van der Waals surface area contributed by atoms with Crippen molar-refractivity contribution >= 4 is 81.9 Å². The Balaban J connectivity index is 1.05. The molecule has 6 aliphatic carbocycles. The third kappa shape index (κ3) is 7.71. The molecule has 490 valence electrons. The molecule has 4 bridgehead atoms. The molecule has 0 unspecified atom stereocenters. The SMILES string of the molecule is [C-]#[N+]c1c2c(c3c4cc(-c5c(C(C)C)cc(C(C)C)cc5C(C)C)cc5c6cc7c(cc6n(c3c1C(C)C)c54)c1cc(-c3c(C(C)C)cc(C(C)C)cc3C(C)C)cc3c4c5c(c(C#N)c(C(C)C)c4n7c13)C1c3ccccc3C5c3ccccc31)C1c3ccccc3C2c2ccccc21. The van der Waals surface area contributed by atoms with Crippen LogP contribution < -0.4 is 0 Å². The van der Waals surface area contributed by atoms with Crippen LogP contribution in [0.25, 0.3) is 103 Å². The van der Waals surface area contributed by atoms with E-state index in [4.69, 9.17) is 4.85 Å². The zero-order valence-electron chi connectivity index (χ0n) is 60.7. The fourth-order valence-corrected chi connectivity index (χ4v) is 20.7. The summed E-state index contributed by atoms with van der Waals surface area (Å²) in [5.74, 6) is 1.58. The quantitative estimate of drug-likeness (QED) is 0.126. The highest BCUT2D eigenvalue weighted by molar-refractivity contribution is 6.32. The van der Waals surface area contributed by atoms with Crippen LogP contribution in [0.2, 0.25) is 0 Å². The van der Waals surface area contributed by atoms with E-state index in [0.29, 0.717) is 11.8 Å². The van der Waals surface area contributed by atoms with Gasteiger partial charge in [-0.2, -0.15) is 5.26 Å². The van der Waals surface area contributed by atoms with Gasteiger partial charge in [0.15, 0.2) is 5.69 Å². The monoisotopic (exact) mass is 1290 g/mol. The normalized spacial score (nSPS) is 16.7. The summed E-state index contributed by atoms with van der Waals surface area (Å²) < 4.78 is 5.35. The Hall–Kier alpha value is -10.0. The standard InChI is InChI=1S/C96H86N4/c1-45(2)53-34-65(47(5)6)80(66(35-53)48(7)8)55-38-71-69-43-77-70(42-76(69)99-93(71)73(40-55)87-89-83-59-28-20-18-26-57(59)82(58-27-19-21-29-60(58)83)86(89)75(44-97)78(51(13)14)95(87)99)72-39-56(81-67(49(9)10)36-54(46(3)4)37-68(81)50(11)12)41-74-88-90-84-61-30-22-24-32-63(61)85(64-33-25-23-31-62(64)84)91(90)92(98-17)79(52(15)16)96(88)100(77)94(72)74/h18-43,45-52,82-85H,1-16H3. The van der Waals surface area contributed by atoms with Crippen LogP contribution in [0, 0.1) is 17.9 Å². The second-order valence-electron chi connectivity index (χ2n) is 32.9. The van der Waals surface area contributed by atoms with Crippen molar-refractivity contribution in [2.45, 2.75) is 182 Å². The third-order valence-electron chi connectivity index (χ3n) is 24.8. The Morgan fingerprint density at radius 2 is 0.650 bits per heavy atom. The van der Waals surface area contributed by atoms with E-state index >= 15 is 0 Å². The average molecular weight is 1300 g/mol. The van der Waals surface area contributed by atoms with E-state index in [1.807, 2.05) is 0 Å². The molecule has 11 aromatic carbocycles. The first-order valence-electron chi connectivity index (χ1n) is 37.4. The van der Waals surface area contributed by atoms with Gasteiger partial charge in [0.2, 0.25) is 0 Å². The number of fused-ring (bicyclic) bond motifs is 12. The summed E-state index contributed by atoms with van der Waals surface area (Å²) in [5.41, 5.74) is 40.3. The number of hydrogen-bond donors (Lipinski definition) is 0. The molecule has 21 rings (SSSR count). The lowest BCUT2D eigenvalue weighted by Gasteiger charge is -2.44. The first-order valence-corrected chi connectivity index (χ1v) is 37.4. The molecule has 0 aliphatic heterocycles. The van der Waals surface area contributed by atoms with Crippen molar-refractivity contribution in [1.82, 2.24) is 8.80 Å². The van der Waals surface area contributed by atoms with Crippen LogP contribution in [-0.4, -0.2) is 8.80 Å². The minimum Gasteiger partial charge on any atom is -0.309 e. The van der Waals surface area contributed by atoms with Gasteiger partial charge in [0, 0.05) is 72.3 Å².